The molecule has 1 fully saturated rings. The van der Waals surface area contributed by atoms with Crippen LogP contribution in [0, 0.1) is 5.92 Å². The zero-order chi connectivity index (χ0) is 13.9. The molecule has 3 rings (SSSR count). The Hall–Kier alpha value is -1.24. The zero-order valence-corrected chi connectivity index (χ0v) is 12.5. The van der Waals surface area contributed by atoms with E-state index < -0.39 is 0 Å². The van der Waals surface area contributed by atoms with Gasteiger partial charge in [-0.1, -0.05) is 0 Å². The number of ether oxygens (including phenoxy) is 1. The summed E-state index contributed by atoms with van der Waals surface area (Å²) in [5.74, 6) is 2.13. The first-order chi connectivity index (χ1) is 9.76. The number of nitrogens with two attached hydrogens (primary N) is 1. The van der Waals surface area contributed by atoms with Crippen LogP contribution in [0.1, 0.15) is 18.7 Å². The Bertz CT molecular complexity index is 578. The third-order valence-electron chi connectivity index (χ3n) is 3.88. The highest BCUT2D eigenvalue weighted by Crippen LogP contribution is 2.24. The van der Waals surface area contributed by atoms with Crippen molar-refractivity contribution >= 4 is 27.4 Å². The van der Waals surface area contributed by atoms with Crippen molar-refractivity contribution in [2.45, 2.75) is 19.4 Å². The molecule has 2 N–H and O–H groups in total. The van der Waals surface area contributed by atoms with Crippen LogP contribution in [0.5, 0.6) is 0 Å². The van der Waals surface area contributed by atoms with Crippen LogP contribution >= 0.6 is 11.3 Å². The van der Waals surface area contributed by atoms with Crippen molar-refractivity contribution in [1.82, 2.24) is 14.9 Å². The highest BCUT2D eigenvalue weighted by Gasteiger charge is 2.20. The molecule has 0 saturated carbocycles. The minimum Gasteiger partial charge on any atom is -0.384 e. The molecule has 3 heterocycles. The maximum absolute atomic E-state index is 5.99. The Labute approximate surface area is 122 Å². The van der Waals surface area contributed by atoms with Gasteiger partial charge in [0.1, 0.15) is 16.5 Å². The number of aromatic nitrogens is 2. The van der Waals surface area contributed by atoms with Gasteiger partial charge in [0.25, 0.3) is 0 Å². The van der Waals surface area contributed by atoms with E-state index in [2.05, 4.69) is 14.9 Å². The van der Waals surface area contributed by atoms with Crippen LogP contribution in [0.15, 0.2) is 11.4 Å². The van der Waals surface area contributed by atoms with Gasteiger partial charge in [0.15, 0.2) is 0 Å². The molecule has 0 aliphatic carbocycles. The van der Waals surface area contributed by atoms with Crippen molar-refractivity contribution in [2.75, 3.05) is 32.5 Å². The average molecular weight is 292 g/mol. The van der Waals surface area contributed by atoms with Crippen molar-refractivity contribution in [2.24, 2.45) is 5.92 Å². The van der Waals surface area contributed by atoms with Crippen molar-refractivity contribution in [1.29, 1.82) is 0 Å². The number of hydrogen-bond donors (Lipinski definition) is 1. The minimum atomic E-state index is 0.598. The van der Waals surface area contributed by atoms with Gasteiger partial charge in [0.05, 0.1) is 11.9 Å². The van der Waals surface area contributed by atoms with Crippen LogP contribution in [-0.4, -0.2) is 41.7 Å². The van der Waals surface area contributed by atoms with Crippen molar-refractivity contribution < 1.29 is 4.74 Å². The van der Waals surface area contributed by atoms with Crippen LogP contribution < -0.4 is 5.73 Å². The van der Waals surface area contributed by atoms with Gasteiger partial charge < -0.3 is 10.5 Å². The second kappa shape index (κ2) is 6.03. The number of hydrogen-bond acceptors (Lipinski definition) is 6. The lowest BCUT2D eigenvalue weighted by Crippen LogP contribution is -2.35. The third-order valence-corrected chi connectivity index (χ3v) is 4.68. The molecule has 0 bridgehead atoms. The molecule has 108 valence electrons. The highest BCUT2D eigenvalue weighted by molar-refractivity contribution is 7.16. The Kier molecular flexibility index (Phi) is 4.14. The largest absolute Gasteiger partial charge is 0.384 e. The lowest BCUT2D eigenvalue weighted by molar-refractivity contribution is 0.0958. The van der Waals surface area contributed by atoms with E-state index in [9.17, 15) is 0 Å². The number of methoxy groups -OCH3 is 1. The van der Waals surface area contributed by atoms with E-state index in [1.807, 2.05) is 11.4 Å². The van der Waals surface area contributed by atoms with E-state index in [-0.39, 0.29) is 0 Å². The standard InChI is InChI=1S/C14H20N4OS/c1-19-9-10-2-5-18(6-3-10)8-12-16-13(15)11-4-7-20-14(11)17-12/h4,7,10H,2-3,5-6,8-9H2,1H3,(H2,15,16,17). The molecule has 2 aromatic heterocycles. The summed E-state index contributed by atoms with van der Waals surface area (Å²) >= 11 is 1.62. The lowest BCUT2D eigenvalue weighted by Gasteiger charge is -2.31. The molecule has 0 unspecified atom stereocenters. The first-order valence-corrected chi connectivity index (χ1v) is 7.85. The summed E-state index contributed by atoms with van der Waals surface area (Å²) in [4.78, 5) is 12.4. The second-order valence-corrected chi connectivity index (χ2v) is 6.23. The summed E-state index contributed by atoms with van der Waals surface area (Å²) < 4.78 is 5.23. The molecular formula is C14H20N4OS. The summed E-state index contributed by atoms with van der Waals surface area (Å²) in [7, 11) is 1.78. The van der Waals surface area contributed by atoms with Crippen LogP contribution in [0.3, 0.4) is 0 Å². The number of thiophene rings is 1. The second-order valence-electron chi connectivity index (χ2n) is 5.34. The Morgan fingerprint density at radius 1 is 1.40 bits per heavy atom. The number of anilines is 1. The van der Waals surface area contributed by atoms with Crippen molar-refractivity contribution in [3.05, 3.63) is 17.3 Å². The number of nitrogens with zero attached hydrogens (tertiary/aromatic N) is 3. The molecule has 2 aromatic rings. The molecule has 0 radical (unpaired) electrons. The molecule has 1 aliphatic rings. The van der Waals surface area contributed by atoms with Gasteiger partial charge in [-0.3, -0.25) is 4.90 Å². The predicted molar refractivity (Wildman–Crippen MR) is 81.7 cm³/mol. The van der Waals surface area contributed by atoms with E-state index in [1.165, 1.54) is 12.8 Å². The molecule has 0 atom stereocenters. The average Bonchev–Trinajstić information content (AvgIpc) is 2.90. The highest BCUT2D eigenvalue weighted by atomic mass is 32.1. The van der Waals surface area contributed by atoms with Gasteiger partial charge in [-0.15, -0.1) is 11.3 Å². The molecule has 0 spiro atoms. The molecule has 1 saturated heterocycles. The first-order valence-electron chi connectivity index (χ1n) is 6.97. The summed E-state index contributed by atoms with van der Waals surface area (Å²) in [5, 5.41) is 2.98. The lowest BCUT2D eigenvalue weighted by atomic mass is 9.98. The van der Waals surface area contributed by atoms with Gasteiger partial charge in [0, 0.05) is 13.7 Å². The third kappa shape index (κ3) is 2.92. The molecule has 5 nitrogen and oxygen atoms in total. The smallest absolute Gasteiger partial charge is 0.146 e. The molecule has 1 aliphatic heterocycles. The number of piperidine rings is 1. The zero-order valence-electron chi connectivity index (χ0n) is 11.7. The van der Waals surface area contributed by atoms with E-state index in [0.29, 0.717) is 11.7 Å². The molecular weight excluding hydrogens is 272 g/mol. The van der Waals surface area contributed by atoms with Crippen LogP contribution in [0.2, 0.25) is 0 Å². The minimum absolute atomic E-state index is 0.598. The van der Waals surface area contributed by atoms with Gasteiger partial charge in [-0.2, -0.15) is 0 Å². The SMILES string of the molecule is COCC1CCN(Cc2nc(N)c3ccsc3n2)CC1. The number of rotatable bonds is 4. The van der Waals surface area contributed by atoms with E-state index in [0.717, 1.165) is 42.3 Å². The van der Waals surface area contributed by atoms with Crippen LogP contribution in [0.4, 0.5) is 5.82 Å². The van der Waals surface area contributed by atoms with Gasteiger partial charge in [-0.25, -0.2) is 9.97 Å². The first kappa shape index (κ1) is 13.7. The van der Waals surface area contributed by atoms with Gasteiger partial charge in [-0.05, 0) is 43.3 Å². The summed E-state index contributed by atoms with van der Waals surface area (Å²) in [6.07, 6.45) is 2.37. The summed E-state index contributed by atoms with van der Waals surface area (Å²) in [6.45, 7) is 3.83. The maximum atomic E-state index is 5.99. The van der Waals surface area contributed by atoms with E-state index in [1.54, 1.807) is 18.4 Å². The summed E-state index contributed by atoms with van der Waals surface area (Å²) in [5.41, 5.74) is 5.99. The van der Waals surface area contributed by atoms with Crippen molar-refractivity contribution in [3.63, 3.8) is 0 Å². The van der Waals surface area contributed by atoms with Crippen LogP contribution in [0.25, 0.3) is 10.2 Å². The van der Waals surface area contributed by atoms with Gasteiger partial charge in [0.2, 0.25) is 0 Å². The van der Waals surface area contributed by atoms with Crippen molar-refractivity contribution in [3.8, 4) is 0 Å². The van der Waals surface area contributed by atoms with Gasteiger partial charge >= 0.3 is 0 Å². The predicted octanol–water partition coefficient (Wildman–Crippen LogP) is 2.13. The monoisotopic (exact) mass is 292 g/mol. The number of nitrogen functional groups attached to an aromatic ring is 1. The number of fused-ring (bicyclic) bond motifs is 1. The summed E-state index contributed by atoms with van der Waals surface area (Å²) in [6, 6.07) is 1.98. The molecule has 20 heavy (non-hydrogen) atoms. The molecule has 0 amide bonds. The Balaban J connectivity index is 1.65. The van der Waals surface area contributed by atoms with E-state index in [4.69, 9.17) is 10.5 Å². The van der Waals surface area contributed by atoms with E-state index >= 15 is 0 Å². The Morgan fingerprint density at radius 3 is 2.95 bits per heavy atom. The molecule has 6 heteroatoms. The fourth-order valence-electron chi connectivity index (χ4n) is 2.74. The fourth-order valence-corrected chi connectivity index (χ4v) is 3.53. The topological polar surface area (TPSA) is 64.3 Å². The normalized spacial score (nSPS) is 17.9. The number of likely N-dealkylation sites (tertiary alicyclic amines) is 1. The Morgan fingerprint density at radius 2 is 2.20 bits per heavy atom. The quantitative estimate of drug-likeness (QED) is 0.935. The van der Waals surface area contributed by atoms with Crippen LogP contribution in [-0.2, 0) is 11.3 Å². The molecule has 0 aromatic carbocycles. The fraction of sp³-hybridized carbons (Fsp3) is 0.571. The maximum Gasteiger partial charge on any atom is 0.146 e.